The average molecular weight is 388 g/mol. The molecule has 1 aromatic rings. The maximum atomic E-state index is 12.2. The van der Waals surface area contributed by atoms with Crippen LogP contribution >= 0.6 is 22.6 Å². The number of carbonyl (C=O) groups is 1. The van der Waals surface area contributed by atoms with Crippen molar-refractivity contribution < 1.29 is 9.53 Å². The zero-order valence-corrected chi connectivity index (χ0v) is 13.3. The third-order valence-electron chi connectivity index (χ3n) is 3.74. The van der Waals surface area contributed by atoms with Crippen LogP contribution in [0.3, 0.4) is 0 Å². The van der Waals surface area contributed by atoms with Gasteiger partial charge in [0.1, 0.15) is 9.80 Å². The van der Waals surface area contributed by atoms with Crippen molar-refractivity contribution in [2.45, 2.75) is 18.9 Å². The van der Waals surface area contributed by atoms with Gasteiger partial charge in [-0.25, -0.2) is 0 Å². The van der Waals surface area contributed by atoms with Crippen LogP contribution in [0.25, 0.3) is 0 Å². The van der Waals surface area contributed by atoms with E-state index in [1.807, 2.05) is 17.0 Å². The van der Waals surface area contributed by atoms with Gasteiger partial charge in [-0.2, -0.15) is 0 Å². The predicted octanol–water partition coefficient (Wildman–Crippen LogP) is 0.909. The van der Waals surface area contributed by atoms with Crippen LogP contribution in [0.5, 0.6) is 0 Å². The predicted molar refractivity (Wildman–Crippen MR) is 82.5 cm³/mol. The molecule has 1 aromatic heterocycles. The van der Waals surface area contributed by atoms with Crippen molar-refractivity contribution >= 4 is 34.3 Å². The second kappa shape index (κ2) is 6.21. The summed E-state index contributed by atoms with van der Waals surface area (Å²) in [6.07, 6.45) is 1.65. The summed E-state index contributed by atoms with van der Waals surface area (Å²) in [5, 5.41) is 8.26. The molecule has 0 radical (unpaired) electrons. The highest BCUT2D eigenvalue weighted by Gasteiger charge is 2.30. The number of piperazine rings is 1. The Morgan fingerprint density at radius 3 is 2.65 bits per heavy atom. The minimum Gasteiger partial charge on any atom is -0.368 e. The van der Waals surface area contributed by atoms with E-state index in [0.29, 0.717) is 6.61 Å². The molecule has 0 aromatic carbocycles. The molecule has 6 nitrogen and oxygen atoms in total. The number of amides is 1. The van der Waals surface area contributed by atoms with Gasteiger partial charge in [0.05, 0.1) is 0 Å². The summed E-state index contributed by atoms with van der Waals surface area (Å²) in [6, 6.07) is 3.93. The fourth-order valence-corrected chi connectivity index (χ4v) is 2.90. The molecule has 0 aliphatic carbocycles. The number of aromatic nitrogens is 2. The lowest BCUT2D eigenvalue weighted by Crippen LogP contribution is -2.51. The van der Waals surface area contributed by atoms with Crippen LogP contribution in [0.4, 0.5) is 5.82 Å². The molecule has 0 bridgehead atoms. The largest absolute Gasteiger partial charge is 0.368 e. The maximum Gasteiger partial charge on any atom is 0.251 e. The number of ether oxygens (including phenoxy) is 1. The molecule has 2 saturated heterocycles. The van der Waals surface area contributed by atoms with E-state index >= 15 is 0 Å². The van der Waals surface area contributed by atoms with Gasteiger partial charge in [0, 0.05) is 32.8 Å². The Kier molecular flexibility index (Phi) is 4.35. The molecule has 2 aliphatic rings. The van der Waals surface area contributed by atoms with E-state index in [2.05, 4.69) is 37.7 Å². The minimum atomic E-state index is -0.209. The molecule has 0 N–H and O–H groups in total. The van der Waals surface area contributed by atoms with Gasteiger partial charge in [0.25, 0.3) is 5.91 Å². The highest BCUT2D eigenvalue weighted by Crippen LogP contribution is 2.18. The Balaban J connectivity index is 1.56. The monoisotopic (exact) mass is 388 g/mol. The molecule has 0 spiro atoms. The normalized spacial score (nSPS) is 23.1. The van der Waals surface area contributed by atoms with Crippen molar-refractivity contribution in [2.24, 2.45) is 0 Å². The molecule has 1 amide bonds. The Bertz CT molecular complexity index is 468. The lowest BCUT2D eigenvalue weighted by molar-refractivity contribution is -0.141. The van der Waals surface area contributed by atoms with Crippen LogP contribution in [0.1, 0.15) is 12.8 Å². The first-order valence-corrected chi connectivity index (χ1v) is 7.96. The van der Waals surface area contributed by atoms with E-state index in [0.717, 1.165) is 48.5 Å². The quantitative estimate of drug-likeness (QED) is 0.706. The number of halogens is 1. The molecule has 1 atom stereocenters. The third kappa shape index (κ3) is 3.03. The molecular weight excluding hydrogens is 371 g/mol. The summed E-state index contributed by atoms with van der Waals surface area (Å²) in [6.45, 7) is 3.77. The first-order chi connectivity index (χ1) is 9.74. The van der Waals surface area contributed by atoms with Crippen LogP contribution in [0, 0.1) is 3.70 Å². The topological polar surface area (TPSA) is 58.6 Å². The van der Waals surface area contributed by atoms with Crippen LogP contribution in [0.2, 0.25) is 0 Å². The smallest absolute Gasteiger partial charge is 0.251 e. The lowest BCUT2D eigenvalue weighted by atomic mass is 10.2. The molecule has 2 aliphatic heterocycles. The van der Waals surface area contributed by atoms with Crippen LogP contribution in [-0.2, 0) is 9.53 Å². The highest BCUT2D eigenvalue weighted by molar-refractivity contribution is 14.1. The number of rotatable bonds is 2. The van der Waals surface area contributed by atoms with Crippen molar-refractivity contribution in [2.75, 3.05) is 37.7 Å². The molecule has 3 heterocycles. The van der Waals surface area contributed by atoms with E-state index in [-0.39, 0.29) is 12.0 Å². The first kappa shape index (κ1) is 14.0. The van der Waals surface area contributed by atoms with E-state index in [4.69, 9.17) is 4.74 Å². The van der Waals surface area contributed by atoms with Crippen molar-refractivity contribution in [3.05, 3.63) is 15.8 Å². The van der Waals surface area contributed by atoms with Crippen molar-refractivity contribution in [1.82, 2.24) is 15.1 Å². The molecule has 7 heteroatoms. The van der Waals surface area contributed by atoms with Gasteiger partial charge in [0.2, 0.25) is 0 Å². The van der Waals surface area contributed by atoms with Crippen molar-refractivity contribution in [3.63, 3.8) is 0 Å². The van der Waals surface area contributed by atoms with Gasteiger partial charge in [-0.05, 0) is 47.6 Å². The van der Waals surface area contributed by atoms with Gasteiger partial charge in [-0.3, -0.25) is 4.79 Å². The summed E-state index contributed by atoms with van der Waals surface area (Å²) in [5.74, 6) is 1.03. The zero-order valence-electron chi connectivity index (χ0n) is 11.2. The average Bonchev–Trinajstić information content (AvgIpc) is 3.02. The number of carbonyl (C=O) groups excluding carboxylic acids is 1. The molecule has 20 heavy (non-hydrogen) atoms. The molecule has 108 valence electrons. The Labute approximate surface area is 131 Å². The SMILES string of the molecule is O=C(C1CCCO1)N1CCN(c2ccc(I)nn2)CC1. The van der Waals surface area contributed by atoms with E-state index in [9.17, 15) is 4.79 Å². The molecule has 2 fully saturated rings. The number of hydrogen-bond acceptors (Lipinski definition) is 5. The van der Waals surface area contributed by atoms with E-state index in [1.54, 1.807) is 0 Å². The van der Waals surface area contributed by atoms with Crippen molar-refractivity contribution in [1.29, 1.82) is 0 Å². The number of nitrogens with zero attached hydrogens (tertiary/aromatic N) is 4. The summed E-state index contributed by atoms with van der Waals surface area (Å²) in [4.78, 5) is 16.3. The fraction of sp³-hybridized carbons (Fsp3) is 0.615. The maximum absolute atomic E-state index is 12.2. The highest BCUT2D eigenvalue weighted by atomic mass is 127. The Morgan fingerprint density at radius 1 is 1.25 bits per heavy atom. The summed E-state index contributed by atoms with van der Waals surface area (Å²) in [5.41, 5.74) is 0. The van der Waals surface area contributed by atoms with E-state index in [1.165, 1.54) is 0 Å². The molecule has 0 saturated carbocycles. The fourth-order valence-electron chi connectivity index (χ4n) is 2.61. The Hall–Kier alpha value is -0.960. The third-order valence-corrected chi connectivity index (χ3v) is 4.31. The minimum absolute atomic E-state index is 0.149. The van der Waals surface area contributed by atoms with Gasteiger partial charge < -0.3 is 14.5 Å². The summed E-state index contributed by atoms with van der Waals surface area (Å²) >= 11 is 2.14. The van der Waals surface area contributed by atoms with E-state index < -0.39 is 0 Å². The Morgan fingerprint density at radius 2 is 2.05 bits per heavy atom. The van der Waals surface area contributed by atoms with Crippen LogP contribution in [-0.4, -0.2) is 59.9 Å². The van der Waals surface area contributed by atoms with Crippen LogP contribution < -0.4 is 4.90 Å². The number of hydrogen-bond donors (Lipinski definition) is 0. The first-order valence-electron chi connectivity index (χ1n) is 6.88. The standard InChI is InChI=1S/C13H17IN4O2/c14-11-3-4-12(16-15-11)17-5-7-18(8-6-17)13(19)10-2-1-9-20-10/h3-4,10H,1-2,5-9H2. The molecular formula is C13H17IN4O2. The zero-order chi connectivity index (χ0) is 13.9. The second-order valence-electron chi connectivity index (χ2n) is 5.03. The summed E-state index contributed by atoms with van der Waals surface area (Å²) in [7, 11) is 0. The molecule has 3 rings (SSSR count). The second-order valence-corrected chi connectivity index (χ2v) is 6.13. The van der Waals surface area contributed by atoms with Crippen molar-refractivity contribution in [3.8, 4) is 0 Å². The lowest BCUT2D eigenvalue weighted by Gasteiger charge is -2.36. The van der Waals surface area contributed by atoms with Gasteiger partial charge >= 0.3 is 0 Å². The summed E-state index contributed by atoms with van der Waals surface area (Å²) < 4.78 is 6.35. The van der Waals surface area contributed by atoms with Gasteiger partial charge in [-0.1, -0.05) is 0 Å². The molecule has 1 unspecified atom stereocenters. The van der Waals surface area contributed by atoms with Crippen LogP contribution in [0.15, 0.2) is 12.1 Å². The van der Waals surface area contributed by atoms with Gasteiger partial charge in [0.15, 0.2) is 5.82 Å². The number of anilines is 1. The van der Waals surface area contributed by atoms with Gasteiger partial charge in [-0.15, -0.1) is 10.2 Å².